The Morgan fingerprint density at radius 3 is 1.36 bits per heavy atom. The predicted molar refractivity (Wildman–Crippen MR) is 270 cm³/mol. The maximum Gasteiger partial charge on any atom is 0.752 e. The van der Waals surface area contributed by atoms with Crippen LogP contribution in [0.1, 0.15) is 130 Å². The Hall–Kier alpha value is -5.47. The fraction of sp³-hybridized carbons (Fsp3) is 0.482. The number of carbonyl (C=O) groups is 5. The molecule has 12 nitrogen and oxygen atoms in total. The summed E-state index contributed by atoms with van der Waals surface area (Å²) in [5.74, 6) is -4.46. The highest BCUT2D eigenvalue weighted by Crippen LogP contribution is 2.31. The number of rotatable bonds is 26. The number of amides is 2. The molecule has 0 saturated carbocycles. The van der Waals surface area contributed by atoms with Crippen LogP contribution in [0.3, 0.4) is 0 Å². The van der Waals surface area contributed by atoms with Gasteiger partial charge < -0.3 is 33.1 Å². The van der Waals surface area contributed by atoms with Gasteiger partial charge in [-0.25, -0.2) is 0 Å². The fourth-order valence-electron chi connectivity index (χ4n) is 7.67. The van der Waals surface area contributed by atoms with E-state index in [0.717, 1.165) is 35.1 Å². The van der Waals surface area contributed by atoms with Gasteiger partial charge in [0.2, 0.25) is 11.8 Å². The zero-order valence-corrected chi connectivity index (χ0v) is 43.5. The van der Waals surface area contributed by atoms with E-state index in [1.165, 1.54) is 0 Å². The maximum absolute atomic E-state index is 14.9. The average Bonchev–Trinajstić information content (AvgIpc) is 3.26. The maximum atomic E-state index is 14.9. The zero-order valence-electron chi connectivity index (χ0n) is 42.5. The van der Waals surface area contributed by atoms with Crippen LogP contribution in [0.25, 0.3) is 0 Å². The van der Waals surface area contributed by atoms with Crippen molar-refractivity contribution in [1.29, 1.82) is 0 Å². The first-order valence-electron chi connectivity index (χ1n) is 24.3. The van der Waals surface area contributed by atoms with E-state index in [-0.39, 0.29) is 44.5 Å². The lowest BCUT2D eigenvalue weighted by molar-refractivity contribution is -0.165. The van der Waals surface area contributed by atoms with E-state index in [1.54, 1.807) is 0 Å². The van der Waals surface area contributed by atoms with Crippen LogP contribution in [0.4, 0.5) is 0 Å². The molecule has 2 amide bonds. The quantitative estimate of drug-likeness (QED) is 0.0353. The molecule has 0 heterocycles. The molecule has 0 bridgehead atoms. The zero-order chi connectivity index (χ0) is 50.7. The van der Waals surface area contributed by atoms with Crippen LogP contribution in [0.5, 0.6) is 0 Å². The summed E-state index contributed by atoms with van der Waals surface area (Å²) in [5, 5.41) is 5.99. The van der Waals surface area contributed by atoms with Gasteiger partial charge in [0.25, 0.3) is 0 Å². The summed E-state index contributed by atoms with van der Waals surface area (Å²) in [4.78, 5) is 72.0. The molecule has 0 unspecified atom stereocenters. The number of Topliss-reactive ketones (excluding diaryl/α,β-unsaturated/α-hetero) is 1. The van der Waals surface area contributed by atoms with Crippen molar-refractivity contribution in [3.8, 4) is 0 Å². The molecular weight excluding hydrogens is 889 g/mol. The van der Waals surface area contributed by atoms with E-state index in [1.807, 2.05) is 184 Å². The number of esters is 1. The van der Waals surface area contributed by atoms with Gasteiger partial charge in [0.05, 0.1) is 29.3 Å². The molecule has 0 aliphatic carbocycles. The highest BCUT2D eigenvalue weighted by molar-refractivity contribution is 6.56. The largest absolute Gasteiger partial charge is 0.752 e. The third-order valence-electron chi connectivity index (χ3n) is 10.7. The molecule has 4 atom stereocenters. The molecule has 69 heavy (non-hydrogen) atoms. The summed E-state index contributed by atoms with van der Waals surface area (Å²) >= 11 is 0. The highest BCUT2D eigenvalue weighted by Gasteiger charge is 2.58. The van der Waals surface area contributed by atoms with E-state index in [2.05, 4.69) is 17.6 Å². The minimum absolute atomic E-state index is 0.0440. The number of unbranched alkanes of at least 4 members (excludes halogenated alkanes) is 2. The van der Waals surface area contributed by atoms with Crippen molar-refractivity contribution >= 4 is 38.6 Å². The lowest BCUT2D eigenvalue weighted by Gasteiger charge is -2.40. The van der Waals surface area contributed by atoms with Crippen molar-refractivity contribution in [1.82, 2.24) is 10.6 Å². The minimum atomic E-state index is -4.35. The molecule has 0 radical (unpaired) electrons. The van der Waals surface area contributed by atoms with Crippen LogP contribution in [-0.2, 0) is 72.3 Å². The minimum Gasteiger partial charge on any atom is -0.461 e. The molecule has 0 aliphatic heterocycles. The molecule has 0 saturated heterocycles. The Bertz CT molecular complexity index is 2160. The number of carbonyl (C=O) groups excluding carboxylic acids is 5. The summed E-state index contributed by atoms with van der Waals surface area (Å²) < 4.78 is 31.3. The standard InChI is InChI=1S/C56H76N2O10Si/c1-11-12-17-34-45(39-50(60)64-40-44-32-24-16-25-33-44)51(61)57-47(36-42-28-20-14-21-29-42)49(59)38-46(35-41-26-18-13-19-27-41)52(62)58-48(37-43-30-22-15-23-31-43)53(63)65-69(66-54(2,3)4,67-55(5,6)7)68-56(8,9)10/h13-16,18-33,45-48H,11-12,17,34-40H2,1-10H3,(H,57,61)(H,58,62)/t45-,46-,47+,48+/m1/s1. The van der Waals surface area contributed by atoms with Crippen LogP contribution in [0.15, 0.2) is 121 Å². The van der Waals surface area contributed by atoms with Crippen LogP contribution in [0.2, 0.25) is 0 Å². The Kier molecular flexibility index (Phi) is 21.5. The topological polar surface area (TPSA) is 156 Å². The van der Waals surface area contributed by atoms with Crippen LogP contribution >= 0.6 is 0 Å². The molecule has 2 N–H and O–H groups in total. The average molecular weight is 965 g/mol. The van der Waals surface area contributed by atoms with Crippen LogP contribution in [0, 0.1) is 11.8 Å². The highest BCUT2D eigenvalue weighted by atomic mass is 28.4. The van der Waals surface area contributed by atoms with Gasteiger partial charge in [-0.05, 0) is 104 Å². The van der Waals surface area contributed by atoms with Crippen LogP contribution < -0.4 is 10.6 Å². The Balaban J connectivity index is 1.69. The van der Waals surface area contributed by atoms with Gasteiger partial charge in [0.15, 0.2) is 5.78 Å². The first kappa shape index (κ1) is 56.1. The van der Waals surface area contributed by atoms with Crippen molar-refractivity contribution < 1.29 is 46.4 Å². The second-order valence-electron chi connectivity index (χ2n) is 20.7. The number of ketones is 1. The van der Waals surface area contributed by atoms with Gasteiger partial charge in [0.1, 0.15) is 12.6 Å². The molecule has 4 rings (SSSR count). The first-order chi connectivity index (χ1) is 32.5. The smallest absolute Gasteiger partial charge is 0.461 e. The van der Waals surface area contributed by atoms with E-state index >= 15 is 0 Å². The fourth-order valence-corrected chi connectivity index (χ4v) is 10.6. The Labute approximate surface area is 412 Å². The summed E-state index contributed by atoms with van der Waals surface area (Å²) in [5.41, 5.74) is 0.576. The number of hydrogen-bond donors (Lipinski definition) is 2. The van der Waals surface area contributed by atoms with Gasteiger partial charge in [-0.3, -0.25) is 24.0 Å². The normalized spacial score (nSPS) is 13.9. The second kappa shape index (κ2) is 26.5. The van der Waals surface area contributed by atoms with Gasteiger partial charge in [-0.15, -0.1) is 0 Å². The Morgan fingerprint density at radius 1 is 0.507 bits per heavy atom. The van der Waals surface area contributed by atoms with Crippen LogP contribution in [-0.4, -0.2) is 67.5 Å². The molecule has 4 aromatic carbocycles. The lowest BCUT2D eigenvalue weighted by atomic mass is 9.88. The third kappa shape index (κ3) is 21.4. The number of hydrogen-bond acceptors (Lipinski definition) is 10. The van der Waals surface area contributed by atoms with Gasteiger partial charge in [-0.2, -0.15) is 0 Å². The van der Waals surface area contributed by atoms with Crippen molar-refractivity contribution in [2.75, 3.05) is 0 Å². The summed E-state index contributed by atoms with van der Waals surface area (Å²) in [7, 11) is -4.35. The SMILES string of the molecule is CCCCC[C@H](CC(=O)OCc1ccccc1)C(=O)N[C@@H](Cc1ccccc1)C(=O)C[C@@H](Cc1ccccc1)C(=O)N[C@@H](Cc1ccccc1)C(=O)O[Si](OC(C)(C)C)(OC(C)(C)C)OC(C)(C)C. The van der Waals surface area contributed by atoms with Gasteiger partial charge in [-0.1, -0.05) is 148 Å². The molecule has 374 valence electrons. The molecule has 4 aromatic rings. The number of nitrogens with one attached hydrogen (secondary N) is 2. The number of benzene rings is 4. The number of ether oxygens (including phenoxy) is 1. The summed E-state index contributed by atoms with van der Waals surface area (Å²) in [6, 6.07) is 34.9. The van der Waals surface area contributed by atoms with E-state index < -0.39 is 73.5 Å². The van der Waals surface area contributed by atoms with E-state index in [0.29, 0.717) is 12.8 Å². The lowest BCUT2D eigenvalue weighted by Crippen LogP contribution is -2.62. The summed E-state index contributed by atoms with van der Waals surface area (Å²) in [6.07, 6.45) is 2.83. The molecule has 0 spiro atoms. The van der Waals surface area contributed by atoms with Gasteiger partial charge in [0, 0.05) is 24.7 Å². The molecule has 0 aromatic heterocycles. The second-order valence-corrected chi connectivity index (χ2v) is 22.5. The van der Waals surface area contributed by atoms with Crippen molar-refractivity contribution in [3.05, 3.63) is 144 Å². The van der Waals surface area contributed by atoms with E-state index in [9.17, 15) is 24.0 Å². The predicted octanol–water partition coefficient (Wildman–Crippen LogP) is 10.0. The molecule has 0 aliphatic rings. The van der Waals surface area contributed by atoms with Gasteiger partial charge >= 0.3 is 21.0 Å². The third-order valence-corrected chi connectivity index (χ3v) is 13.8. The van der Waals surface area contributed by atoms with E-state index in [4.69, 9.17) is 22.4 Å². The first-order valence-corrected chi connectivity index (χ1v) is 25.9. The Morgan fingerprint density at radius 2 is 0.913 bits per heavy atom. The van der Waals surface area contributed by atoms with Crippen molar-refractivity contribution in [2.24, 2.45) is 11.8 Å². The van der Waals surface area contributed by atoms with Crippen molar-refractivity contribution in [2.45, 2.75) is 163 Å². The molecular formula is C56H76N2O10Si. The molecule has 13 heteroatoms. The van der Waals surface area contributed by atoms with Crippen molar-refractivity contribution in [3.63, 3.8) is 0 Å². The monoisotopic (exact) mass is 965 g/mol. The molecule has 0 fully saturated rings. The summed E-state index contributed by atoms with van der Waals surface area (Å²) in [6.45, 7) is 18.5.